The van der Waals surface area contributed by atoms with Crippen LogP contribution in [0.4, 0.5) is 0 Å². The number of carbonyl (C=O) groups excluding carboxylic acids is 1. The zero-order valence-corrected chi connectivity index (χ0v) is 10.0. The highest BCUT2D eigenvalue weighted by Gasteiger charge is 2.21. The van der Waals surface area contributed by atoms with Crippen LogP contribution in [0.15, 0.2) is 16.7 Å². The number of amides is 1. The fourth-order valence-electron chi connectivity index (χ4n) is 1.54. The summed E-state index contributed by atoms with van der Waals surface area (Å²) in [5, 5.41) is 11.3. The van der Waals surface area contributed by atoms with Crippen LogP contribution in [-0.2, 0) is 11.2 Å². The lowest BCUT2D eigenvalue weighted by Gasteiger charge is -2.11. The molecule has 0 fully saturated rings. The number of carbonyl (C=O) groups is 2. The molecule has 5 nitrogen and oxygen atoms in total. The third-order valence-corrected chi connectivity index (χ3v) is 2.48. The summed E-state index contributed by atoms with van der Waals surface area (Å²) in [6.07, 6.45) is 3.33. The van der Waals surface area contributed by atoms with Crippen molar-refractivity contribution in [2.45, 2.75) is 39.2 Å². The second-order valence-corrected chi connectivity index (χ2v) is 3.78. The predicted octanol–water partition coefficient (Wildman–Crippen LogP) is 1.83. The van der Waals surface area contributed by atoms with Gasteiger partial charge in [-0.25, -0.2) is 4.79 Å². The lowest BCUT2D eigenvalue weighted by Crippen LogP contribution is -2.40. The Morgan fingerprint density at radius 2 is 2.18 bits per heavy atom. The summed E-state index contributed by atoms with van der Waals surface area (Å²) in [6, 6.07) is 0.710. The zero-order chi connectivity index (χ0) is 12.8. The van der Waals surface area contributed by atoms with Gasteiger partial charge in [0.1, 0.15) is 11.8 Å². The molecule has 2 N–H and O–H groups in total. The lowest BCUT2D eigenvalue weighted by atomic mass is 10.1. The molecule has 0 saturated heterocycles. The first kappa shape index (κ1) is 13.3. The number of aliphatic carboxylic acids is 1. The van der Waals surface area contributed by atoms with Crippen molar-refractivity contribution in [1.82, 2.24) is 5.32 Å². The number of nitrogens with one attached hydrogen (secondary N) is 1. The van der Waals surface area contributed by atoms with E-state index in [0.29, 0.717) is 24.2 Å². The highest BCUT2D eigenvalue weighted by molar-refractivity contribution is 5.97. The monoisotopic (exact) mass is 239 g/mol. The molecule has 1 unspecified atom stereocenters. The SMILES string of the molecule is CCCc1occc1C(=O)NC(CC)C(=O)O. The van der Waals surface area contributed by atoms with E-state index in [1.54, 1.807) is 13.0 Å². The van der Waals surface area contributed by atoms with E-state index in [0.717, 1.165) is 6.42 Å². The quantitative estimate of drug-likeness (QED) is 0.793. The number of aryl methyl sites for hydroxylation is 1. The van der Waals surface area contributed by atoms with E-state index in [1.807, 2.05) is 6.92 Å². The topological polar surface area (TPSA) is 79.5 Å². The Labute approximate surface area is 99.8 Å². The highest BCUT2D eigenvalue weighted by atomic mass is 16.4. The summed E-state index contributed by atoms with van der Waals surface area (Å²) < 4.78 is 5.19. The summed E-state index contributed by atoms with van der Waals surface area (Å²) >= 11 is 0. The Hall–Kier alpha value is -1.78. The molecule has 1 rings (SSSR count). The average Bonchev–Trinajstić information content (AvgIpc) is 2.74. The van der Waals surface area contributed by atoms with Crippen LogP contribution in [0.3, 0.4) is 0 Å². The zero-order valence-electron chi connectivity index (χ0n) is 10.0. The highest BCUT2D eigenvalue weighted by Crippen LogP contribution is 2.13. The molecule has 0 aliphatic heterocycles. The molecule has 0 aliphatic carbocycles. The summed E-state index contributed by atoms with van der Waals surface area (Å²) in [6.45, 7) is 3.69. The Bertz CT molecular complexity index is 397. The van der Waals surface area contributed by atoms with Gasteiger partial charge in [0.25, 0.3) is 5.91 Å². The fourth-order valence-corrected chi connectivity index (χ4v) is 1.54. The van der Waals surface area contributed by atoms with Crippen LogP contribution in [0, 0.1) is 0 Å². The van der Waals surface area contributed by atoms with Crippen LogP contribution in [0.25, 0.3) is 0 Å². The smallest absolute Gasteiger partial charge is 0.326 e. The van der Waals surface area contributed by atoms with Crippen LogP contribution < -0.4 is 5.32 Å². The molecule has 1 aromatic heterocycles. The maximum Gasteiger partial charge on any atom is 0.326 e. The van der Waals surface area contributed by atoms with Crippen molar-refractivity contribution < 1.29 is 19.1 Å². The molecule has 0 saturated carbocycles. The fraction of sp³-hybridized carbons (Fsp3) is 0.500. The van der Waals surface area contributed by atoms with Crippen LogP contribution in [0.5, 0.6) is 0 Å². The normalized spacial score (nSPS) is 12.1. The first-order valence-electron chi connectivity index (χ1n) is 5.70. The van der Waals surface area contributed by atoms with Gasteiger partial charge in [0, 0.05) is 6.42 Å². The van der Waals surface area contributed by atoms with E-state index in [-0.39, 0.29) is 0 Å². The van der Waals surface area contributed by atoms with Gasteiger partial charge in [-0.2, -0.15) is 0 Å². The number of hydrogen-bond donors (Lipinski definition) is 2. The molecule has 0 radical (unpaired) electrons. The van der Waals surface area contributed by atoms with Crippen molar-refractivity contribution in [3.8, 4) is 0 Å². The molecule has 94 valence electrons. The predicted molar refractivity (Wildman–Crippen MR) is 61.9 cm³/mol. The minimum atomic E-state index is -1.03. The van der Waals surface area contributed by atoms with E-state index in [4.69, 9.17) is 9.52 Å². The van der Waals surface area contributed by atoms with Crippen molar-refractivity contribution in [2.75, 3.05) is 0 Å². The molecule has 0 spiro atoms. The number of rotatable bonds is 6. The van der Waals surface area contributed by atoms with E-state index in [2.05, 4.69) is 5.32 Å². The van der Waals surface area contributed by atoms with Gasteiger partial charge in [-0.1, -0.05) is 13.8 Å². The Balaban J connectivity index is 2.75. The number of hydrogen-bond acceptors (Lipinski definition) is 3. The van der Waals surface area contributed by atoms with Crippen LogP contribution >= 0.6 is 0 Å². The number of furan rings is 1. The molecule has 0 aliphatic rings. The number of carboxylic acid groups (broad SMARTS) is 1. The van der Waals surface area contributed by atoms with Gasteiger partial charge in [-0.3, -0.25) is 4.79 Å². The average molecular weight is 239 g/mol. The first-order valence-corrected chi connectivity index (χ1v) is 5.70. The van der Waals surface area contributed by atoms with Crippen molar-refractivity contribution in [1.29, 1.82) is 0 Å². The minimum Gasteiger partial charge on any atom is -0.480 e. The molecule has 0 bridgehead atoms. The van der Waals surface area contributed by atoms with Crippen LogP contribution in [0.2, 0.25) is 0 Å². The second-order valence-electron chi connectivity index (χ2n) is 3.78. The van der Waals surface area contributed by atoms with Gasteiger partial charge in [0.2, 0.25) is 0 Å². The molecule has 1 aromatic rings. The number of carboxylic acids is 1. The van der Waals surface area contributed by atoms with E-state index >= 15 is 0 Å². The van der Waals surface area contributed by atoms with Gasteiger partial charge >= 0.3 is 5.97 Å². The molecule has 0 aromatic carbocycles. The van der Waals surface area contributed by atoms with Crippen molar-refractivity contribution in [2.24, 2.45) is 0 Å². The summed E-state index contributed by atoms with van der Waals surface area (Å²) in [5.74, 6) is -0.817. The van der Waals surface area contributed by atoms with Gasteiger partial charge in [-0.05, 0) is 18.9 Å². The van der Waals surface area contributed by atoms with E-state index in [9.17, 15) is 9.59 Å². The van der Waals surface area contributed by atoms with Gasteiger partial charge in [-0.15, -0.1) is 0 Å². The Morgan fingerprint density at radius 1 is 1.47 bits per heavy atom. The van der Waals surface area contributed by atoms with Crippen molar-refractivity contribution >= 4 is 11.9 Å². The molecule has 1 amide bonds. The third kappa shape index (κ3) is 3.34. The summed E-state index contributed by atoms with van der Waals surface area (Å²) in [4.78, 5) is 22.6. The standard InChI is InChI=1S/C12H17NO4/c1-3-5-10-8(6-7-17-10)11(14)13-9(4-2)12(15)16/h6-7,9H,3-5H2,1-2H3,(H,13,14)(H,15,16). The lowest BCUT2D eigenvalue weighted by molar-refractivity contribution is -0.139. The van der Waals surface area contributed by atoms with Crippen molar-refractivity contribution in [3.63, 3.8) is 0 Å². The molecular weight excluding hydrogens is 222 g/mol. The Morgan fingerprint density at radius 3 is 2.71 bits per heavy atom. The molecule has 1 atom stereocenters. The van der Waals surface area contributed by atoms with Crippen molar-refractivity contribution in [3.05, 3.63) is 23.7 Å². The second kappa shape index (κ2) is 6.08. The largest absolute Gasteiger partial charge is 0.480 e. The minimum absolute atomic E-state index is 0.349. The van der Waals surface area contributed by atoms with Gasteiger partial charge < -0.3 is 14.8 Å². The molecule has 17 heavy (non-hydrogen) atoms. The first-order chi connectivity index (χ1) is 8.10. The summed E-state index contributed by atoms with van der Waals surface area (Å²) in [7, 11) is 0. The maximum absolute atomic E-state index is 11.8. The van der Waals surface area contributed by atoms with E-state index in [1.165, 1.54) is 6.26 Å². The van der Waals surface area contributed by atoms with Gasteiger partial charge in [0.05, 0.1) is 11.8 Å². The summed E-state index contributed by atoms with van der Waals surface area (Å²) in [5.41, 5.74) is 0.423. The van der Waals surface area contributed by atoms with Gasteiger partial charge in [0.15, 0.2) is 0 Å². The maximum atomic E-state index is 11.8. The molecular formula is C12H17NO4. The van der Waals surface area contributed by atoms with Crippen LogP contribution in [0.1, 0.15) is 42.8 Å². The van der Waals surface area contributed by atoms with E-state index < -0.39 is 17.9 Å². The Kier molecular flexibility index (Phi) is 4.75. The van der Waals surface area contributed by atoms with Crippen LogP contribution in [-0.4, -0.2) is 23.0 Å². The molecule has 5 heteroatoms. The third-order valence-electron chi connectivity index (χ3n) is 2.48. The molecule has 1 heterocycles.